The number of aromatic nitrogens is 2. The minimum absolute atomic E-state index is 0.807. The van der Waals surface area contributed by atoms with Gasteiger partial charge in [0.15, 0.2) is 0 Å². The Morgan fingerprint density at radius 3 is 3.00 bits per heavy atom. The largest absolute Gasteiger partial charge is 0.381 e. The summed E-state index contributed by atoms with van der Waals surface area (Å²) in [6.07, 6.45) is 3.80. The first kappa shape index (κ1) is 12.0. The Labute approximate surface area is 122 Å². The number of aromatic amines is 1. The molecule has 2 aromatic heterocycles. The van der Waals surface area contributed by atoms with Crippen molar-refractivity contribution in [2.24, 2.45) is 0 Å². The summed E-state index contributed by atoms with van der Waals surface area (Å²) in [6.45, 7) is 0.807. The maximum absolute atomic E-state index is 4.34. The van der Waals surface area contributed by atoms with E-state index in [-0.39, 0.29) is 0 Å². The monoisotopic (exact) mass is 273 g/mol. The number of H-pyrrole nitrogens is 1. The number of rotatable bonds is 3. The molecular weight excluding hydrogens is 258 g/mol. The van der Waals surface area contributed by atoms with Crippen molar-refractivity contribution in [1.29, 1.82) is 0 Å². The molecule has 0 radical (unpaired) electrons. The molecule has 4 aromatic rings. The van der Waals surface area contributed by atoms with Gasteiger partial charge >= 0.3 is 0 Å². The van der Waals surface area contributed by atoms with Crippen LogP contribution in [0.25, 0.3) is 21.8 Å². The zero-order chi connectivity index (χ0) is 14.1. The van der Waals surface area contributed by atoms with Crippen molar-refractivity contribution < 1.29 is 0 Å². The molecule has 3 nitrogen and oxygen atoms in total. The number of benzene rings is 2. The summed E-state index contributed by atoms with van der Waals surface area (Å²) in [6, 6.07) is 18.8. The molecule has 0 aliphatic carbocycles. The van der Waals surface area contributed by atoms with Crippen molar-refractivity contribution in [3.63, 3.8) is 0 Å². The second kappa shape index (κ2) is 4.94. The molecular formula is C18H15N3. The molecule has 0 fully saturated rings. The van der Waals surface area contributed by atoms with E-state index >= 15 is 0 Å². The Kier molecular flexibility index (Phi) is 2.82. The Bertz CT molecular complexity index is 908. The van der Waals surface area contributed by atoms with E-state index in [4.69, 9.17) is 0 Å². The van der Waals surface area contributed by atoms with Gasteiger partial charge in [-0.05, 0) is 42.0 Å². The standard InChI is InChI=1S/C18H15N3/c1-3-14(16-8-10-20-18(16)5-1)12-21-15-6-7-17-13(11-15)4-2-9-19-17/h1-11,20-21H,12H2. The maximum Gasteiger partial charge on any atom is 0.0703 e. The predicted molar refractivity (Wildman–Crippen MR) is 87.4 cm³/mol. The van der Waals surface area contributed by atoms with E-state index < -0.39 is 0 Å². The van der Waals surface area contributed by atoms with E-state index in [2.05, 4.69) is 63.8 Å². The fourth-order valence-corrected chi connectivity index (χ4v) is 2.69. The molecule has 0 unspecified atom stereocenters. The van der Waals surface area contributed by atoms with Gasteiger partial charge in [-0.15, -0.1) is 0 Å². The molecule has 0 saturated heterocycles. The number of pyridine rings is 1. The highest BCUT2D eigenvalue weighted by molar-refractivity contribution is 5.84. The van der Waals surface area contributed by atoms with Crippen LogP contribution in [-0.4, -0.2) is 9.97 Å². The zero-order valence-corrected chi connectivity index (χ0v) is 11.5. The van der Waals surface area contributed by atoms with Gasteiger partial charge in [0.2, 0.25) is 0 Å². The summed E-state index contributed by atoms with van der Waals surface area (Å²) < 4.78 is 0. The molecule has 2 heterocycles. The van der Waals surface area contributed by atoms with Gasteiger partial charge in [0.1, 0.15) is 0 Å². The predicted octanol–water partition coefficient (Wildman–Crippen LogP) is 4.33. The third-order valence-corrected chi connectivity index (χ3v) is 3.77. The molecule has 2 N–H and O–H groups in total. The molecule has 2 aromatic carbocycles. The van der Waals surface area contributed by atoms with Crippen LogP contribution in [-0.2, 0) is 6.54 Å². The lowest BCUT2D eigenvalue weighted by atomic mass is 10.1. The van der Waals surface area contributed by atoms with Gasteiger partial charge in [-0.25, -0.2) is 0 Å². The molecule has 0 aliphatic heterocycles. The minimum Gasteiger partial charge on any atom is -0.381 e. The Morgan fingerprint density at radius 1 is 1.00 bits per heavy atom. The number of nitrogens with zero attached hydrogens (tertiary/aromatic N) is 1. The van der Waals surface area contributed by atoms with Crippen LogP contribution >= 0.6 is 0 Å². The van der Waals surface area contributed by atoms with Gasteiger partial charge in [0, 0.05) is 40.9 Å². The summed E-state index contributed by atoms with van der Waals surface area (Å²) in [7, 11) is 0. The summed E-state index contributed by atoms with van der Waals surface area (Å²) in [5.74, 6) is 0. The lowest BCUT2D eigenvalue weighted by Crippen LogP contribution is -1.99. The molecule has 102 valence electrons. The van der Waals surface area contributed by atoms with Crippen molar-refractivity contribution in [2.75, 3.05) is 5.32 Å². The topological polar surface area (TPSA) is 40.7 Å². The van der Waals surface area contributed by atoms with Crippen LogP contribution in [0.3, 0.4) is 0 Å². The van der Waals surface area contributed by atoms with E-state index in [9.17, 15) is 0 Å². The number of nitrogens with one attached hydrogen (secondary N) is 2. The third-order valence-electron chi connectivity index (χ3n) is 3.77. The number of fused-ring (bicyclic) bond motifs is 2. The molecule has 0 atom stereocenters. The summed E-state index contributed by atoms with van der Waals surface area (Å²) in [4.78, 5) is 7.59. The van der Waals surface area contributed by atoms with E-state index in [1.54, 1.807) is 0 Å². The highest BCUT2D eigenvalue weighted by Gasteiger charge is 2.02. The first-order valence-corrected chi connectivity index (χ1v) is 7.04. The van der Waals surface area contributed by atoms with E-state index in [1.165, 1.54) is 16.5 Å². The third kappa shape index (κ3) is 2.23. The fourth-order valence-electron chi connectivity index (χ4n) is 2.69. The highest BCUT2D eigenvalue weighted by atomic mass is 14.9. The second-order valence-corrected chi connectivity index (χ2v) is 5.12. The van der Waals surface area contributed by atoms with Crippen molar-refractivity contribution in [2.45, 2.75) is 6.54 Å². The first-order valence-electron chi connectivity index (χ1n) is 7.04. The van der Waals surface area contributed by atoms with Crippen molar-refractivity contribution in [3.8, 4) is 0 Å². The van der Waals surface area contributed by atoms with Gasteiger partial charge < -0.3 is 10.3 Å². The Morgan fingerprint density at radius 2 is 2.00 bits per heavy atom. The SMILES string of the molecule is c1cnc2ccc(NCc3cccc4[nH]ccc34)cc2c1. The molecule has 4 rings (SSSR count). The second-order valence-electron chi connectivity index (χ2n) is 5.12. The fraction of sp³-hybridized carbons (Fsp3) is 0.0556. The summed E-state index contributed by atoms with van der Waals surface area (Å²) in [5, 5.41) is 5.92. The quantitative estimate of drug-likeness (QED) is 0.583. The van der Waals surface area contributed by atoms with Crippen LogP contribution in [0.1, 0.15) is 5.56 Å². The van der Waals surface area contributed by atoms with Gasteiger partial charge in [-0.2, -0.15) is 0 Å². The van der Waals surface area contributed by atoms with E-state index in [0.29, 0.717) is 0 Å². The average Bonchev–Trinajstić information content (AvgIpc) is 3.02. The van der Waals surface area contributed by atoms with Crippen molar-refractivity contribution in [1.82, 2.24) is 9.97 Å². The van der Waals surface area contributed by atoms with E-state index in [1.807, 2.05) is 18.5 Å². The van der Waals surface area contributed by atoms with E-state index in [0.717, 1.165) is 23.1 Å². The highest BCUT2D eigenvalue weighted by Crippen LogP contribution is 2.21. The zero-order valence-electron chi connectivity index (χ0n) is 11.5. The van der Waals surface area contributed by atoms with Crippen molar-refractivity contribution in [3.05, 3.63) is 72.6 Å². The van der Waals surface area contributed by atoms with Crippen LogP contribution < -0.4 is 5.32 Å². The molecule has 0 aliphatic rings. The number of hydrogen-bond donors (Lipinski definition) is 2. The molecule has 0 spiro atoms. The van der Waals surface area contributed by atoms with Crippen LogP contribution in [0.2, 0.25) is 0 Å². The van der Waals surface area contributed by atoms with Gasteiger partial charge in [-0.1, -0.05) is 18.2 Å². The van der Waals surface area contributed by atoms with Crippen LogP contribution in [0.15, 0.2) is 67.0 Å². The normalized spacial score (nSPS) is 11.0. The molecule has 21 heavy (non-hydrogen) atoms. The molecule has 0 bridgehead atoms. The number of anilines is 1. The van der Waals surface area contributed by atoms with Crippen LogP contribution in [0.4, 0.5) is 5.69 Å². The van der Waals surface area contributed by atoms with Gasteiger partial charge in [0.05, 0.1) is 5.52 Å². The van der Waals surface area contributed by atoms with Gasteiger partial charge in [-0.3, -0.25) is 4.98 Å². The molecule has 3 heteroatoms. The van der Waals surface area contributed by atoms with Crippen LogP contribution in [0.5, 0.6) is 0 Å². The lowest BCUT2D eigenvalue weighted by Gasteiger charge is -2.08. The maximum atomic E-state index is 4.34. The molecule has 0 amide bonds. The average molecular weight is 273 g/mol. The Balaban J connectivity index is 1.61. The Hall–Kier alpha value is -2.81. The summed E-state index contributed by atoms with van der Waals surface area (Å²) in [5.41, 5.74) is 4.61. The van der Waals surface area contributed by atoms with Gasteiger partial charge in [0.25, 0.3) is 0 Å². The number of hydrogen-bond acceptors (Lipinski definition) is 2. The van der Waals surface area contributed by atoms with Crippen molar-refractivity contribution >= 4 is 27.5 Å². The smallest absolute Gasteiger partial charge is 0.0703 e. The summed E-state index contributed by atoms with van der Waals surface area (Å²) >= 11 is 0. The molecule has 0 saturated carbocycles. The first-order chi connectivity index (χ1) is 10.4. The van der Waals surface area contributed by atoms with Crippen LogP contribution in [0, 0.1) is 0 Å². The minimum atomic E-state index is 0.807. The lowest BCUT2D eigenvalue weighted by molar-refractivity contribution is 1.17.